The molecule has 9 heteroatoms. The van der Waals surface area contributed by atoms with Gasteiger partial charge in [-0.25, -0.2) is 4.79 Å². The van der Waals surface area contributed by atoms with Crippen LogP contribution < -0.4 is 0 Å². The van der Waals surface area contributed by atoms with E-state index in [0.717, 1.165) is 5.57 Å². The van der Waals surface area contributed by atoms with Crippen LogP contribution >= 0.6 is 0 Å². The second-order valence-corrected chi connectivity index (χ2v) is 13.6. The number of aliphatic hydroxyl groups is 5. The van der Waals surface area contributed by atoms with Crippen LogP contribution in [0.4, 0.5) is 0 Å². The van der Waals surface area contributed by atoms with Gasteiger partial charge in [-0.1, -0.05) is 101 Å². The van der Waals surface area contributed by atoms with Crippen LogP contribution in [0.5, 0.6) is 0 Å². The van der Waals surface area contributed by atoms with Gasteiger partial charge in [0.15, 0.2) is 0 Å². The van der Waals surface area contributed by atoms with Crippen LogP contribution in [0.25, 0.3) is 0 Å². The van der Waals surface area contributed by atoms with Crippen molar-refractivity contribution in [3.05, 3.63) is 71.6 Å². The Kier molecular flexibility index (Phi) is 19.5. The van der Waals surface area contributed by atoms with Gasteiger partial charge in [0.1, 0.15) is 12.2 Å². The summed E-state index contributed by atoms with van der Waals surface area (Å²) in [7, 11) is 2.86. The number of cyclic esters (lactones) is 1. The smallest absolute Gasteiger partial charge is 0.373 e. The summed E-state index contributed by atoms with van der Waals surface area (Å²) >= 11 is 0. The van der Waals surface area contributed by atoms with Gasteiger partial charge in [0.05, 0.1) is 37.6 Å². The number of carbonyl (C=O) groups is 1. The van der Waals surface area contributed by atoms with Crippen LogP contribution in [0.15, 0.2) is 71.6 Å². The summed E-state index contributed by atoms with van der Waals surface area (Å²) in [6.45, 7) is 16.7. The minimum atomic E-state index is -1.12. The average molecular weight is 677 g/mol. The first-order chi connectivity index (χ1) is 22.5. The van der Waals surface area contributed by atoms with Crippen LogP contribution in [0, 0.1) is 35.5 Å². The number of ether oxygens (including phenoxy) is 3. The van der Waals surface area contributed by atoms with Gasteiger partial charge in [0.25, 0.3) is 0 Å². The van der Waals surface area contributed by atoms with E-state index < -0.39 is 60.5 Å². The first-order valence-corrected chi connectivity index (χ1v) is 17.3. The maximum absolute atomic E-state index is 13.6. The molecule has 0 radical (unpaired) electrons. The van der Waals surface area contributed by atoms with Gasteiger partial charge in [-0.2, -0.15) is 0 Å². The molecule has 1 aliphatic heterocycles. The van der Waals surface area contributed by atoms with Crippen molar-refractivity contribution in [1.82, 2.24) is 0 Å². The van der Waals surface area contributed by atoms with Gasteiger partial charge in [-0.3, -0.25) is 0 Å². The number of esters is 1. The molecule has 0 fully saturated rings. The molecule has 0 bridgehead atoms. The zero-order valence-corrected chi connectivity index (χ0v) is 31.0. The average Bonchev–Trinajstić information content (AvgIpc) is 3.05. The molecule has 1 aliphatic rings. The van der Waals surface area contributed by atoms with Crippen LogP contribution in [0.1, 0.15) is 75.2 Å². The van der Waals surface area contributed by atoms with E-state index in [0.29, 0.717) is 18.4 Å². The zero-order valence-electron chi connectivity index (χ0n) is 31.0. The van der Waals surface area contributed by atoms with Gasteiger partial charge in [-0.15, -0.1) is 0 Å². The Morgan fingerprint density at radius 1 is 1.00 bits per heavy atom. The van der Waals surface area contributed by atoms with Crippen molar-refractivity contribution in [1.29, 1.82) is 0 Å². The quantitative estimate of drug-likeness (QED) is 0.143. The van der Waals surface area contributed by atoms with Crippen molar-refractivity contribution in [2.45, 2.75) is 118 Å². The third-order valence-electron chi connectivity index (χ3n) is 9.62. The standard InChI is InChI=1S/C39H64O9/c1-12-15-31(40)25(5)18-19-32(41)28(8)37(44)29(9)38-33(46-10)17-14-16-23(3)20-26(6)35(42)30(13-2)36(43)27(7)21-24(4)22-34(47-11)39(45)48-38/h12,14-19,21-22,25-33,35-38,40-44H,13,20H2,1-11H3/b15-12+,17-14+,19-18+,23-16+,24-21+,34-22?. The number of methoxy groups -OCH3 is 2. The third kappa shape index (κ3) is 13.1. The lowest BCUT2D eigenvalue weighted by molar-refractivity contribution is -0.162. The molecule has 13 unspecified atom stereocenters. The molecule has 1 rings (SSSR count). The first-order valence-electron chi connectivity index (χ1n) is 17.3. The topological polar surface area (TPSA) is 146 Å². The highest BCUT2D eigenvalue weighted by atomic mass is 16.6. The van der Waals surface area contributed by atoms with Crippen molar-refractivity contribution in [2.24, 2.45) is 35.5 Å². The number of aliphatic hydroxyl groups excluding tert-OH is 5. The van der Waals surface area contributed by atoms with E-state index in [1.54, 1.807) is 57.2 Å². The molecule has 5 N–H and O–H groups in total. The van der Waals surface area contributed by atoms with E-state index >= 15 is 0 Å². The molecular formula is C39H64O9. The van der Waals surface area contributed by atoms with Crippen molar-refractivity contribution < 1.29 is 44.5 Å². The molecular weight excluding hydrogens is 612 g/mol. The summed E-state index contributed by atoms with van der Waals surface area (Å²) in [5, 5.41) is 55.1. The Balaban J connectivity index is 3.58. The van der Waals surface area contributed by atoms with E-state index in [-0.39, 0.29) is 29.4 Å². The molecule has 48 heavy (non-hydrogen) atoms. The molecule has 0 saturated carbocycles. The van der Waals surface area contributed by atoms with Crippen molar-refractivity contribution in [2.75, 3.05) is 14.2 Å². The van der Waals surface area contributed by atoms with Crippen LogP contribution in [-0.2, 0) is 19.0 Å². The lowest BCUT2D eigenvalue weighted by Gasteiger charge is -2.35. The molecule has 9 nitrogen and oxygen atoms in total. The number of carbonyl (C=O) groups excluding carboxylic acids is 1. The van der Waals surface area contributed by atoms with E-state index in [1.165, 1.54) is 20.3 Å². The fourth-order valence-corrected chi connectivity index (χ4v) is 6.30. The Hall–Kier alpha value is -2.53. The molecule has 0 amide bonds. The van der Waals surface area contributed by atoms with Crippen LogP contribution in [-0.4, -0.2) is 88.4 Å². The molecule has 0 spiro atoms. The summed E-state index contributed by atoms with van der Waals surface area (Å²) < 4.78 is 17.3. The van der Waals surface area contributed by atoms with Gasteiger partial charge >= 0.3 is 5.97 Å². The second-order valence-electron chi connectivity index (χ2n) is 13.6. The number of hydrogen-bond acceptors (Lipinski definition) is 9. The second kappa shape index (κ2) is 21.5. The molecule has 0 aromatic heterocycles. The summed E-state index contributed by atoms with van der Waals surface area (Å²) in [4.78, 5) is 13.6. The highest BCUT2D eigenvalue weighted by molar-refractivity contribution is 5.87. The predicted molar refractivity (Wildman–Crippen MR) is 191 cm³/mol. The largest absolute Gasteiger partial charge is 0.490 e. The van der Waals surface area contributed by atoms with Gasteiger partial charge in [0.2, 0.25) is 5.76 Å². The Labute approximate surface area is 289 Å². The summed E-state index contributed by atoms with van der Waals surface area (Å²) in [6.07, 6.45) is 10.6. The highest BCUT2D eigenvalue weighted by Crippen LogP contribution is 2.30. The molecule has 0 aliphatic carbocycles. The van der Waals surface area contributed by atoms with Crippen molar-refractivity contribution in [3.63, 3.8) is 0 Å². The lowest BCUT2D eigenvalue weighted by Crippen LogP contribution is -2.46. The van der Waals surface area contributed by atoms with Crippen LogP contribution in [0.3, 0.4) is 0 Å². The molecule has 0 aromatic carbocycles. The number of allylic oxidation sites excluding steroid dienone is 6. The SMILES string of the molecule is C/C=C/C(O)C(C)/C=C/C(O)C(C)C(O)C(C)C1OC(=O)C(OC)=C/C(C)=C/C(C)C(O)C(CC)C(O)C(C)C/C(C)=C/C=C/C1OC. The minimum absolute atomic E-state index is 0.0711. The minimum Gasteiger partial charge on any atom is -0.490 e. The van der Waals surface area contributed by atoms with E-state index in [4.69, 9.17) is 14.2 Å². The fourth-order valence-electron chi connectivity index (χ4n) is 6.30. The Bertz CT molecular complexity index is 1150. The first kappa shape index (κ1) is 43.5. The maximum atomic E-state index is 13.6. The van der Waals surface area contributed by atoms with Gasteiger partial charge in [0, 0.05) is 36.7 Å². The fraction of sp³-hybridized carbons (Fsp3) is 0.667. The number of hydrogen-bond donors (Lipinski definition) is 5. The summed E-state index contributed by atoms with van der Waals surface area (Å²) in [6, 6.07) is 0. The van der Waals surface area contributed by atoms with E-state index in [9.17, 15) is 30.3 Å². The zero-order chi connectivity index (χ0) is 36.7. The normalized spacial score (nSPS) is 33.9. The Morgan fingerprint density at radius 3 is 2.21 bits per heavy atom. The van der Waals surface area contributed by atoms with E-state index in [1.807, 2.05) is 53.7 Å². The van der Waals surface area contributed by atoms with Crippen molar-refractivity contribution in [3.8, 4) is 0 Å². The molecule has 0 aromatic rings. The van der Waals surface area contributed by atoms with E-state index in [2.05, 4.69) is 0 Å². The van der Waals surface area contributed by atoms with Crippen molar-refractivity contribution >= 4 is 5.97 Å². The van der Waals surface area contributed by atoms with Crippen LogP contribution in [0.2, 0.25) is 0 Å². The monoisotopic (exact) mass is 676 g/mol. The molecule has 13 atom stereocenters. The third-order valence-corrected chi connectivity index (χ3v) is 9.62. The summed E-state index contributed by atoms with van der Waals surface area (Å²) in [5.41, 5.74) is 1.67. The predicted octanol–water partition coefficient (Wildman–Crippen LogP) is 5.44. The molecule has 0 saturated heterocycles. The summed E-state index contributed by atoms with van der Waals surface area (Å²) in [5.74, 6) is -3.21. The highest BCUT2D eigenvalue weighted by Gasteiger charge is 2.38. The molecule has 274 valence electrons. The van der Waals surface area contributed by atoms with Gasteiger partial charge in [-0.05, 0) is 45.6 Å². The number of rotatable bonds is 11. The maximum Gasteiger partial charge on any atom is 0.373 e. The van der Waals surface area contributed by atoms with Gasteiger partial charge < -0.3 is 39.7 Å². The Morgan fingerprint density at radius 2 is 1.65 bits per heavy atom. The lowest BCUT2D eigenvalue weighted by atomic mass is 9.79. The molecule has 1 heterocycles.